The fraction of sp³-hybridized carbons (Fsp3) is 0.0476. The quantitative estimate of drug-likeness (QED) is 0.373. The predicted octanol–water partition coefficient (Wildman–Crippen LogP) is 4.50. The molecule has 3 aromatic rings. The highest BCUT2D eigenvalue weighted by molar-refractivity contribution is 5.89. The molecule has 5 heteroatoms. The van der Waals surface area contributed by atoms with E-state index in [1.165, 1.54) is 6.08 Å². The first-order valence-electron chi connectivity index (χ1n) is 7.96. The SMILES string of the molecule is COc1ccccc1/C=C/C(=O)Oc1ccc(Oc2ccccn2)cc1. The first-order valence-corrected chi connectivity index (χ1v) is 7.96. The van der Waals surface area contributed by atoms with Crippen molar-refractivity contribution in [2.75, 3.05) is 7.11 Å². The van der Waals surface area contributed by atoms with Gasteiger partial charge < -0.3 is 14.2 Å². The minimum Gasteiger partial charge on any atom is -0.496 e. The van der Waals surface area contributed by atoms with Gasteiger partial charge in [0.1, 0.15) is 17.2 Å². The number of ether oxygens (including phenoxy) is 3. The molecule has 0 saturated heterocycles. The molecule has 0 N–H and O–H groups in total. The molecular weight excluding hydrogens is 330 g/mol. The number of nitrogens with zero attached hydrogens (tertiary/aromatic N) is 1. The monoisotopic (exact) mass is 347 g/mol. The third-order valence-electron chi connectivity index (χ3n) is 3.44. The normalized spacial score (nSPS) is 10.5. The molecule has 0 saturated carbocycles. The van der Waals surface area contributed by atoms with Crippen LogP contribution in [-0.2, 0) is 4.79 Å². The molecular formula is C21H17NO4. The molecule has 0 bridgehead atoms. The van der Waals surface area contributed by atoms with E-state index in [-0.39, 0.29) is 0 Å². The Morgan fingerprint density at radius 2 is 1.65 bits per heavy atom. The minimum atomic E-state index is -0.477. The van der Waals surface area contributed by atoms with Crippen LogP contribution in [-0.4, -0.2) is 18.1 Å². The molecule has 2 aromatic carbocycles. The van der Waals surface area contributed by atoms with E-state index in [0.29, 0.717) is 23.1 Å². The van der Waals surface area contributed by atoms with Crippen LogP contribution in [0, 0.1) is 0 Å². The Morgan fingerprint density at radius 3 is 2.38 bits per heavy atom. The summed E-state index contributed by atoms with van der Waals surface area (Å²) in [4.78, 5) is 16.1. The molecule has 0 aliphatic carbocycles. The third-order valence-corrected chi connectivity index (χ3v) is 3.44. The predicted molar refractivity (Wildman–Crippen MR) is 98.4 cm³/mol. The number of hydrogen-bond donors (Lipinski definition) is 0. The van der Waals surface area contributed by atoms with E-state index in [2.05, 4.69) is 4.98 Å². The van der Waals surface area contributed by atoms with Gasteiger partial charge in [0.05, 0.1) is 7.11 Å². The average molecular weight is 347 g/mol. The average Bonchev–Trinajstić information content (AvgIpc) is 2.69. The number of aromatic nitrogens is 1. The molecule has 0 unspecified atom stereocenters. The number of benzene rings is 2. The molecule has 0 atom stereocenters. The Kier molecular flexibility index (Phi) is 5.62. The standard InChI is InChI=1S/C21H17NO4/c1-24-19-7-3-2-6-16(19)9-14-21(23)26-18-12-10-17(11-13-18)25-20-8-4-5-15-22-20/h2-15H,1H3/b14-9+. The summed E-state index contributed by atoms with van der Waals surface area (Å²) < 4.78 is 16.1. The maximum Gasteiger partial charge on any atom is 0.336 e. The Hall–Kier alpha value is -3.60. The number of para-hydroxylation sites is 1. The zero-order valence-corrected chi connectivity index (χ0v) is 14.2. The van der Waals surface area contributed by atoms with Crippen LogP contribution in [0.4, 0.5) is 0 Å². The minimum absolute atomic E-state index is 0.424. The summed E-state index contributed by atoms with van der Waals surface area (Å²) in [5.74, 6) is 1.74. The van der Waals surface area contributed by atoms with Crippen molar-refractivity contribution in [2.24, 2.45) is 0 Å². The molecule has 3 rings (SSSR count). The van der Waals surface area contributed by atoms with Crippen molar-refractivity contribution in [3.63, 3.8) is 0 Å². The second kappa shape index (κ2) is 8.48. The zero-order chi connectivity index (χ0) is 18.2. The van der Waals surface area contributed by atoms with Crippen LogP contribution in [0.2, 0.25) is 0 Å². The number of rotatable bonds is 6. The van der Waals surface area contributed by atoms with Crippen LogP contribution in [0.25, 0.3) is 6.08 Å². The highest BCUT2D eigenvalue weighted by atomic mass is 16.5. The Morgan fingerprint density at radius 1 is 0.923 bits per heavy atom. The van der Waals surface area contributed by atoms with E-state index >= 15 is 0 Å². The number of carbonyl (C=O) groups excluding carboxylic acids is 1. The molecule has 0 fully saturated rings. The maximum atomic E-state index is 12.0. The van der Waals surface area contributed by atoms with Crippen LogP contribution < -0.4 is 14.2 Å². The van der Waals surface area contributed by atoms with E-state index in [4.69, 9.17) is 14.2 Å². The number of carbonyl (C=O) groups is 1. The number of pyridine rings is 1. The molecule has 0 aliphatic heterocycles. The van der Waals surface area contributed by atoms with Gasteiger partial charge in [-0.15, -0.1) is 0 Å². The van der Waals surface area contributed by atoms with Gasteiger partial charge in [0.2, 0.25) is 5.88 Å². The van der Waals surface area contributed by atoms with E-state index in [0.717, 1.165) is 5.56 Å². The summed E-state index contributed by atoms with van der Waals surface area (Å²) in [6.45, 7) is 0. The van der Waals surface area contributed by atoms with Crippen LogP contribution >= 0.6 is 0 Å². The maximum absolute atomic E-state index is 12.0. The summed E-state index contributed by atoms with van der Waals surface area (Å²) in [5, 5.41) is 0. The Bertz CT molecular complexity index is 889. The summed E-state index contributed by atoms with van der Waals surface area (Å²) in [5.41, 5.74) is 0.797. The van der Waals surface area contributed by atoms with Crippen molar-refractivity contribution in [3.8, 4) is 23.1 Å². The third kappa shape index (κ3) is 4.70. The van der Waals surface area contributed by atoms with Gasteiger partial charge in [-0.1, -0.05) is 24.3 Å². The lowest BCUT2D eigenvalue weighted by atomic mass is 10.2. The first-order chi connectivity index (χ1) is 12.7. The second-order valence-electron chi connectivity index (χ2n) is 5.24. The van der Waals surface area contributed by atoms with Crippen molar-refractivity contribution in [3.05, 3.63) is 84.6 Å². The van der Waals surface area contributed by atoms with E-state index in [1.54, 1.807) is 49.7 Å². The van der Waals surface area contributed by atoms with Gasteiger partial charge >= 0.3 is 5.97 Å². The van der Waals surface area contributed by atoms with Crippen molar-refractivity contribution < 1.29 is 19.0 Å². The zero-order valence-electron chi connectivity index (χ0n) is 14.2. The topological polar surface area (TPSA) is 57.7 Å². The first kappa shape index (κ1) is 17.2. The molecule has 0 spiro atoms. The number of methoxy groups -OCH3 is 1. The van der Waals surface area contributed by atoms with Gasteiger partial charge in [-0.2, -0.15) is 0 Å². The summed E-state index contributed by atoms with van der Waals surface area (Å²) in [6.07, 6.45) is 4.66. The van der Waals surface area contributed by atoms with E-state index in [1.807, 2.05) is 36.4 Å². The van der Waals surface area contributed by atoms with E-state index < -0.39 is 5.97 Å². The fourth-order valence-corrected chi connectivity index (χ4v) is 2.22. The fourth-order valence-electron chi connectivity index (χ4n) is 2.22. The van der Waals surface area contributed by atoms with Gasteiger partial charge in [0.25, 0.3) is 0 Å². The lowest BCUT2D eigenvalue weighted by Gasteiger charge is -2.06. The molecule has 26 heavy (non-hydrogen) atoms. The summed E-state index contributed by atoms with van der Waals surface area (Å²) in [7, 11) is 1.58. The Labute approximate surface area is 151 Å². The van der Waals surface area contributed by atoms with E-state index in [9.17, 15) is 4.79 Å². The smallest absolute Gasteiger partial charge is 0.336 e. The summed E-state index contributed by atoms with van der Waals surface area (Å²) >= 11 is 0. The van der Waals surface area contributed by atoms with Gasteiger partial charge in [-0.25, -0.2) is 9.78 Å². The van der Waals surface area contributed by atoms with Gasteiger partial charge in [-0.3, -0.25) is 0 Å². The van der Waals surface area contributed by atoms with Crippen molar-refractivity contribution in [1.82, 2.24) is 4.98 Å². The molecule has 1 heterocycles. The van der Waals surface area contributed by atoms with Gasteiger partial charge in [0, 0.05) is 23.9 Å². The lowest BCUT2D eigenvalue weighted by molar-refractivity contribution is -0.128. The van der Waals surface area contributed by atoms with Crippen LogP contribution in [0.15, 0.2) is 79.0 Å². The molecule has 0 amide bonds. The largest absolute Gasteiger partial charge is 0.496 e. The van der Waals surface area contributed by atoms with Crippen molar-refractivity contribution in [2.45, 2.75) is 0 Å². The molecule has 0 radical (unpaired) electrons. The molecule has 5 nitrogen and oxygen atoms in total. The number of esters is 1. The van der Waals surface area contributed by atoms with Gasteiger partial charge in [-0.05, 0) is 42.5 Å². The molecule has 130 valence electrons. The lowest BCUT2D eigenvalue weighted by Crippen LogP contribution is -2.03. The van der Waals surface area contributed by atoms with Crippen LogP contribution in [0.5, 0.6) is 23.1 Å². The molecule has 1 aromatic heterocycles. The Balaban J connectivity index is 1.60. The van der Waals surface area contributed by atoms with Crippen molar-refractivity contribution in [1.29, 1.82) is 0 Å². The van der Waals surface area contributed by atoms with Crippen molar-refractivity contribution >= 4 is 12.0 Å². The highest BCUT2D eigenvalue weighted by Gasteiger charge is 2.04. The van der Waals surface area contributed by atoms with Crippen LogP contribution in [0.1, 0.15) is 5.56 Å². The highest BCUT2D eigenvalue weighted by Crippen LogP contribution is 2.23. The second-order valence-corrected chi connectivity index (χ2v) is 5.24. The van der Waals surface area contributed by atoms with Crippen LogP contribution in [0.3, 0.4) is 0 Å². The number of hydrogen-bond acceptors (Lipinski definition) is 5. The summed E-state index contributed by atoms with van der Waals surface area (Å²) in [6, 6.07) is 19.6. The van der Waals surface area contributed by atoms with Gasteiger partial charge in [0.15, 0.2) is 0 Å². The molecule has 0 aliphatic rings.